The molecule has 1 saturated carbocycles. The highest BCUT2D eigenvalue weighted by Gasteiger charge is 2.42. The van der Waals surface area contributed by atoms with Crippen LogP contribution in [-0.4, -0.2) is 38.4 Å². The molecule has 0 aromatic heterocycles. The number of ether oxygens (including phenoxy) is 2. The molecule has 1 saturated heterocycles. The fraction of sp³-hybridized carbons (Fsp3) is 0.625. The fourth-order valence-corrected chi connectivity index (χ4v) is 4.67. The van der Waals surface area contributed by atoms with Crippen LogP contribution in [0.3, 0.4) is 0 Å². The number of aryl methyl sites for hydroxylation is 1. The molecule has 1 spiro atoms. The van der Waals surface area contributed by atoms with Crippen molar-refractivity contribution in [1.82, 2.24) is 4.72 Å². The lowest BCUT2D eigenvalue weighted by atomic mass is 9.94. The van der Waals surface area contributed by atoms with Gasteiger partial charge in [-0.3, -0.25) is 10.1 Å². The minimum atomic E-state index is -3.87. The summed E-state index contributed by atoms with van der Waals surface area (Å²) in [7, 11) is -3.87. The molecule has 1 N–H and O–H groups in total. The first kappa shape index (κ1) is 18.2. The summed E-state index contributed by atoms with van der Waals surface area (Å²) in [5, 5.41) is 10.9. The highest BCUT2D eigenvalue weighted by atomic mass is 32.2. The van der Waals surface area contributed by atoms with Crippen LogP contribution in [0.5, 0.6) is 0 Å². The van der Waals surface area contributed by atoms with Crippen LogP contribution in [0.2, 0.25) is 0 Å². The highest BCUT2D eigenvalue weighted by molar-refractivity contribution is 7.89. The third-order valence-electron chi connectivity index (χ3n) is 4.70. The Bertz CT molecular complexity index is 758. The first-order valence-electron chi connectivity index (χ1n) is 8.38. The van der Waals surface area contributed by atoms with E-state index in [0.717, 1.165) is 38.2 Å². The molecule has 1 atom stereocenters. The van der Waals surface area contributed by atoms with Crippen molar-refractivity contribution in [1.29, 1.82) is 0 Å². The van der Waals surface area contributed by atoms with Gasteiger partial charge in [0.2, 0.25) is 10.0 Å². The maximum Gasteiger partial charge on any atom is 0.270 e. The first-order valence-corrected chi connectivity index (χ1v) is 9.86. The summed E-state index contributed by atoms with van der Waals surface area (Å²) in [5.41, 5.74) is 0.193. The third kappa shape index (κ3) is 4.00. The quantitative estimate of drug-likeness (QED) is 0.629. The van der Waals surface area contributed by atoms with Gasteiger partial charge in [-0.15, -0.1) is 0 Å². The molecule has 9 heteroatoms. The molecule has 3 rings (SSSR count). The predicted molar refractivity (Wildman–Crippen MR) is 89.7 cm³/mol. The largest absolute Gasteiger partial charge is 0.347 e. The average Bonchev–Trinajstić information content (AvgIpc) is 2.96. The van der Waals surface area contributed by atoms with Crippen LogP contribution >= 0.6 is 0 Å². The van der Waals surface area contributed by atoms with Crippen molar-refractivity contribution in [3.05, 3.63) is 33.9 Å². The fourth-order valence-electron chi connectivity index (χ4n) is 3.34. The van der Waals surface area contributed by atoms with E-state index in [1.165, 1.54) is 12.1 Å². The van der Waals surface area contributed by atoms with E-state index < -0.39 is 20.7 Å². The van der Waals surface area contributed by atoms with Gasteiger partial charge in [-0.2, -0.15) is 0 Å². The van der Waals surface area contributed by atoms with Crippen LogP contribution in [0, 0.1) is 17.0 Å². The molecule has 1 aliphatic carbocycles. The monoisotopic (exact) mass is 370 g/mol. The van der Waals surface area contributed by atoms with Gasteiger partial charge in [0.25, 0.3) is 5.69 Å². The number of hydrogen-bond acceptors (Lipinski definition) is 6. The van der Waals surface area contributed by atoms with Crippen molar-refractivity contribution in [2.24, 2.45) is 0 Å². The summed E-state index contributed by atoms with van der Waals surface area (Å²) in [5.74, 6) is -0.560. The smallest absolute Gasteiger partial charge is 0.270 e. The first-order chi connectivity index (χ1) is 11.8. The molecule has 138 valence electrons. The van der Waals surface area contributed by atoms with Gasteiger partial charge in [-0.1, -0.05) is 12.5 Å². The average molecular weight is 370 g/mol. The molecule has 8 nitrogen and oxygen atoms in total. The lowest BCUT2D eigenvalue weighted by Gasteiger charge is -2.31. The number of nitro groups is 1. The lowest BCUT2D eigenvalue weighted by molar-refractivity contribution is -0.385. The molecule has 1 heterocycles. The van der Waals surface area contributed by atoms with Crippen LogP contribution in [0.1, 0.15) is 37.7 Å². The zero-order chi connectivity index (χ0) is 18.1. The summed E-state index contributed by atoms with van der Waals surface area (Å²) >= 11 is 0. The number of rotatable bonds is 5. The number of nitrogens with one attached hydrogen (secondary N) is 1. The van der Waals surface area contributed by atoms with E-state index in [-0.39, 0.29) is 23.2 Å². The van der Waals surface area contributed by atoms with Crippen molar-refractivity contribution >= 4 is 15.7 Å². The molecule has 1 aliphatic heterocycles. The van der Waals surface area contributed by atoms with Gasteiger partial charge >= 0.3 is 0 Å². The second-order valence-electron chi connectivity index (χ2n) is 6.58. The van der Waals surface area contributed by atoms with E-state index in [1.807, 2.05) is 0 Å². The second-order valence-corrected chi connectivity index (χ2v) is 8.32. The van der Waals surface area contributed by atoms with Gasteiger partial charge in [0, 0.05) is 31.5 Å². The molecule has 1 aromatic carbocycles. The Morgan fingerprint density at radius 3 is 2.72 bits per heavy atom. The molecule has 2 aliphatic rings. The number of non-ortho nitro benzene ring substituents is 1. The Morgan fingerprint density at radius 1 is 1.32 bits per heavy atom. The van der Waals surface area contributed by atoms with Crippen LogP contribution in [-0.2, 0) is 19.5 Å². The molecule has 0 bridgehead atoms. The van der Waals surface area contributed by atoms with Crippen LogP contribution in [0.15, 0.2) is 23.1 Å². The number of hydrogen-bond donors (Lipinski definition) is 1. The molecule has 2 fully saturated rings. The van der Waals surface area contributed by atoms with Crippen molar-refractivity contribution in [2.75, 3.05) is 13.2 Å². The van der Waals surface area contributed by atoms with Crippen molar-refractivity contribution in [2.45, 2.75) is 55.8 Å². The van der Waals surface area contributed by atoms with E-state index in [2.05, 4.69) is 4.72 Å². The highest BCUT2D eigenvalue weighted by Crippen LogP contribution is 2.37. The minimum absolute atomic E-state index is 0.0756. The number of nitrogens with zero attached hydrogens (tertiary/aromatic N) is 1. The molecule has 0 unspecified atom stereocenters. The summed E-state index contributed by atoms with van der Waals surface area (Å²) in [4.78, 5) is 10.2. The zero-order valence-electron chi connectivity index (χ0n) is 14.1. The molecule has 25 heavy (non-hydrogen) atoms. The summed E-state index contributed by atoms with van der Waals surface area (Å²) < 4.78 is 39.3. The zero-order valence-corrected chi connectivity index (χ0v) is 14.9. The van der Waals surface area contributed by atoms with Gasteiger partial charge in [-0.25, -0.2) is 13.1 Å². The van der Waals surface area contributed by atoms with Gasteiger partial charge in [0.05, 0.1) is 22.5 Å². The minimum Gasteiger partial charge on any atom is -0.347 e. The summed E-state index contributed by atoms with van der Waals surface area (Å²) in [6, 6.07) is 3.79. The summed E-state index contributed by atoms with van der Waals surface area (Å²) in [6.07, 6.45) is 4.57. The number of nitro benzene ring substituents is 1. The van der Waals surface area contributed by atoms with E-state index in [4.69, 9.17) is 9.47 Å². The number of sulfonamides is 1. The second kappa shape index (κ2) is 6.99. The standard InChI is InChI=1S/C16H22N2O6S/c1-12-5-6-13(18(19)20)9-15(12)25(21,22)17-10-14-11-23-16(24-14)7-3-2-4-8-16/h5-6,9,14,17H,2-4,7-8,10-11H2,1H3/t14-/m0/s1. The lowest BCUT2D eigenvalue weighted by Crippen LogP contribution is -2.37. The maximum absolute atomic E-state index is 12.5. The topological polar surface area (TPSA) is 108 Å². The van der Waals surface area contributed by atoms with Crippen LogP contribution in [0.25, 0.3) is 0 Å². The SMILES string of the molecule is Cc1ccc([N+](=O)[O-])cc1S(=O)(=O)NC[C@H]1COC2(CCCCC2)O1. The number of benzene rings is 1. The van der Waals surface area contributed by atoms with Crippen LogP contribution in [0.4, 0.5) is 5.69 Å². The van der Waals surface area contributed by atoms with E-state index in [0.29, 0.717) is 12.2 Å². The molecule has 1 aromatic rings. The Morgan fingerprint density at radius 2 is 2.04 bits per heavy atom. The van der Waals surface area contributed by atoms with Gasteiger partial charge < -0.3 is 9.47 Å². The Hall–Kier alpha value is -1.55. The molecule has 0 radical (unpaired) electrons. The summed E-state index contributed by atoms with van der Waals surface area (Å²) in [6.45, 7) is 2.02. The third-order valence-corrected chi connectivity index (χ3v) is 6.27. The maximum atomic E-state index is 12.5. The normalized spacial score (nSPS) is 23.0. The Kier molecular flexibility index (Phi) is 5.10. The molecular formula is C16H22N2O6S. The Balaban J connectivity index is 1.67. The van der Waals surface area contributed by atoms with Crippen molar-refractivity contribution in [3.8, 4) is 0 Å². The van der Waals surface area contributed by atoms with Gasteiger partial charge in [0.15, 0.2) is 5.79 Å². The van der Waals surface area contributed by atoms with Crippen molar-refractivity contribution in [3.63, 3.8) is 0 Å². The van der Waals surface area contributed by atoms with Crippen molar-refractivity contribution < 1.29 is 22.8 Å². The predicted octanol–water partition coefficient (Wildman–Crippen LogP) is 2.26. The Labute approximate surface area is 146 Å². The van der Waals surface area contributed by atoms with E-state index in [9.17, 15) is 18.5 Å². The van der Waals surface area contributed by atoms with Crippen LogP contribution < -0.4 is 4.72 Å². The van der Waals surface area contributed by atoms with Gasteiger partial charge in [-0.05, 0) is 25.3 Å². The van der Waals surface area contributed by atoms with E-state index in [1.54, 1.807) is 6.92 Å². The van der Waals surface area contributed by atoms with E-state index >= 15 is 0 Å². The molecule has 0 amide bonds. The molecular weight excluding hydrogens is 348 g/mol. The van der Waals surface area contributed by atoms with Gasteiger partial charge in [0.1, 0.15) is 0 Å².